The van der Waals surface area contributed by atoms with Gasteiger partial charge in [-0.25, -0.2) is 4.79 Å². The number of alkyl halides is 1. The number of nitrogens with zero attached hydrogens (tertiary/aromatic N) is 1. The van der Waals surface area contributed by atoms with Gasteiger partial charge < -0.3 is 20.3 Å². The molecule has 0 radical (unpaired) electrons. The van der Waals surface area contributed by atoms with Gasteiger partial charge in [0.15, 0.2) is 0 Å². The molecule has 5 nitrogen and oxygen atoms in total. The van der Waals surface area contributed by atoms with E-state index >= 15 is 0 Å². The first-order chi connectivity index (χ1) is 9.72. The minimum Gasteiger partial charge on any atom is -0.380 e. The third kappa shape index (κ3) is 4.02. The van der Waals surface area contributed by atoms with Gasteiger partial charge in [0.2, 0.25) is 0 Å². The molecule has 1 aromatic carbocycles. The lowest BCUT2D eigenvalue weighted by molar-refractivity contribution is 0.121. The van der Waals surface area contributed by atoms with E-state index in [0.29, 0.717) is 18.5 Å². The fourth-order valence-electron chi connectivity index (χ4n) is 2.25. The van der Waals surface area contributed by atoms with Crippen LogP contribution in [0.5, 0.6) is 0 Å². The molecule has 1 aliphatic heterocycles. The molecule has 1 fully saturated rings. The number of hydrogen-bond acceptors (Lipinski definition) is 3. The topological polar surface area (TPSA) is 53.6 Å². The highest BCUT2D eigenvalue weighted by Crippen LogP contribution is 2.23. The molecule has 0 spiro atoms. The van der Waals surface area contributed by atoms with Crippen molar-refractivity contribution in [3.8, 4) is 0 Å². The zero-order valence-electron chi connectivity index (χ0n) is 11.6. The number of anilines is 2. The molecule has 0 aliphatic carbocycles. The van der Waals surface area contributed by atoms with Crippen LogP contribution in [0.4, 0.5) is 16.2 Å². The lowest BCUT2D eigenvalue weighted by Crippen LogP contribution is -2.30. The van der Waals surface area contributed by atoms with Gasteiger partial charge in [0.05, 0.1) is 6.10 Å². The van der Waals surface area contributed by atoms with Gasteiger partial charge in [-0.05, 0) is 30.7 Å². The maximum Gasteiger partial charge on any atom is 0.319 e. The fraction of sp³-hybridized carbons (Fsp3) is 0.500. The number of halogens is 1. The Bertz CT molecular complexity index is 439. The molecule has 2 rings (SSSR count). The van der Waals surface area contributed by atoms with Gasteiger partial charge in [0.1, 0.15) is 0 Å². The molecule has 1 atom stereocenters. The number of nitrogens with one attached hydrogen (secondary N) is 2. The van der Waals surface area contributed by atoms with Crippen LogP contribution < -0.4 is 15.5 Å². The molecule has 1 aromatic rings. The quantitative estimate of drug-likeness (QED) is 0.820. The van der Waals surface area contributed by atoms with Crippen molar-refractivity contribution < 1.29 is 9.53 Å². The summed E-state index contributed by atoms with van der Waals surface area (Å²) in [7, 11) is 1.75. The number of rotatable bonds is 5. The molecule has 1 heterocycles. The highest BCUT2D eigenvalue weighted by atomic mass is 35.5. The number of carbonyl (C=O) groups excluding carboxylic acids is 1. The average molecular weight is 298 g/mol. The van der Waals surface area contributed by atoms with Crippen LogP contribution in [0.3, 0.4) is 0 Å². The third-order valence-corrected chi connectivity index (χ3v) is 3.54. The van der Waals surface area contributed by atoms with Crippen molar-refractivity contribution in [1.29, 1.82) is 0 Å². The van der Waals surface area contributed by atoms with Gasteiger partial charge in [-0.1, -0.05) is 0 Å². The maximum absolute atomic E-state index is 11.5. The van der Waals surface area contributed by atoms with E-state index in [4.69, 9.17) is 16.3 Å². The second-order valence-electron chi connectivity index (χ2n) is 4.71. The highest BCUT2D eigenvalue weighted by Gasteiger charge is 2.21. The molecule has 20 heavy (non-hydrogen) atoms. The lowest BCUT2D eigenvalue weighted by Gasteiger charge is -2.18. The zero-order valence-corrected chi connectivity index (χ0v) is 12.3. The Morgan fingerprint density at radius 2 is 2.20 bits per heavy atom. The van der Waals surface area contributed by atoms with Gasteiger partial charge in [-0.15, -0.1) is 11.6 Å². The standard InChI is InChI=1S/C14H20ClN3O2/c1-20-13-6-9-18(10-13)12-4-2-11(3-5-12)17-14(19)16-8-7-15/h2-5,13H,6-10H2,1H3,(H2,16,17,19). The van der Waals surface area contributed by atoms with E-state index in [1.54, 1.807) is 7.11 Å². The monoisotopic (exact) mass is 297 g/mol. The van der Waals surface area contributed by atoms with Crippen molar-refractivity contribution in [3.05, 3.63) is 24.3 Å². The van der Waals surface area contributed by atoms with E-state index in [1.165, 1.54) is 0 Å². The van der Waals surface area contributed by atoms with E-state index < -0.39 is 0 Å². The molecular weight excluding hydrogens is 278 g/mol. The molecule has 0 aromatic heterocycles. The van der Waals surface area contributed by atoms with E-state index in [1.807, 2.05) is 24.3 Å². The van der Waals surface area contributed by atoms with Gasteiger partial charge in [0, 0.05) is 44.0 Å². The number of methoxy groups -OCH3 is 1. The number of ether oxygens (including phenoxy) is 1. The molecule has 2 amide bonds. The van der Waals surface area contributed by atoms with Crippen LogP contribution in [-0.2, 0) is 4.74 Å². The Labute approximate surface area is 124 Å². The smallest absolute Gasteiger partial charge is 0.319 e. The number of benzene rings is 1. The highest BCUT2D eigenvalue weighted by molar-refractivity contribution is 6.18. The number of amides is 2. The Morgan fingerprint density at radius 3 is 2.80 bits per heavy atom. The van der Waals surface area contributed by atoms with Gasteiger partial charge in [-0.2, -0.15) is 0 Å². The van der Waals surface area contributed by atoms with Crippen LogP contribution in [-0.4, -0.2) is 44.8 Å². The third-order valence-electron chi connectivity index (χ3n) is 3.35. The summed E-state index contributed by atoms with van der Waals surface area (Å²) < 4.78 is 5.36. The van der Waals surface area contributed by atoms with Gasteiger partial charge >= 0.3 is 6.03 Å². The van der Waals surface area contributed by atoms with Crippen LogP contribution in [0.1, 0.15) is 6.42 Å². The van der Waals surface area contributed by atoms with Crippen LogP contribution >= 0.6 is 11.6 Å². The summed E-state index contributed by atoms with van der Waals surface area (Å²) in [4.78, 5) is 13.8. The molecule has 0 saturated carbocycles. The molecule has 110 valence electrons. The molecule has 1 unspecified atom stereocenters. The van der Waals surface area contributed by atoms with Gasteiger partial charge in [-0.3, -0.25) is 0 Å². The Hall–Kier alpha value is -1.46. The van der Waals surface area contributed by atoms with Crippen molar-refractivity contribution in [2.75, 3.05) is 42.8 Å². The molecule has 1 aliphatic rings. The normalized spacial score (nSPS) is 18.1. The second-order valence-corrected chi connectivity index (χ2v) is 5.09. The predicted octanol–water partition coefficient (Wildman–Crippen LogP) is 2.27. The zero-order chi connectivity index (χ0) is 14.4. The van der Waals surface area contributed by atoms with Gasteiger partial charge in [0.25, 0.3) is 0 Å². The first kappa shape index (κ1) is 14.9. The number of urea groups is 1. The Balaban J connectivity index is 1.88. The molecule has 1 saturated heterocycles. The summed E-state index contributed by atoms with van der Waals surface area (Å²) in [6.45, 7) is 2.37. The summed E-state index contributed by atoms with van der Waals surface area (Å²) in [5.74, 6) is 0.405. The van der Waals surface area contributed by atoms with E-state index in [2.05, 4.69) is 15.5 Å². The largest absolute Gasteiger partial charge is 0.380 e. The minimum atomic E-state index is -0.237. The number of hydrogen-bond donors (Lipinski definition) is 2. The summed E-state index contributed by atoms with van der Waals surface area (Å²) in [6.07, 6.45) is 1.37. The van der Waals surface area contributed by atoms with Crippen LogP contribution in [0, 0.1) is 0 Å². The van der Waals surface area contributed by atoms with Crippen LogP contribution in [0.15, 0.2) is 24.3 Å². The molecule has 0 bridgehead atoms. The SMILES string of the molecule is COC1CCN(c2ccc(NC(=O)NCCCl)cc2)C1. The van der Waals surface area contributed by atoms with E-state index in [-0.39, 0.29) is 6.03 Å². The van der Waals surface area contributed by atoms with Crippen molar-refractivity contribution >= 4 is 29.0 Å². The van der Waals surface area contributed by atoms with E-state index in [9.17, 15) is 4.79 Å². The first-order valence-corrected chi connectivity index (χ1v) is 7.25. The summed E-state index contributed by atoms with van der Waals surface area (Å²) >= 11 is 5.51. The summed E-state index contributed by atoms with van der Waals surface area (Å²) in [6, 6.07) is 7.58. The Morgan fingerprint density at radius 1 is 1.45 bits per heavy atom. The van der Waals surface area contributed by atoms with E-state index in [0.717, 1.165) is 30.9 Å². The summed E-state index contributed by atoms with van der Waals surface area (Å²) in [5, 5.41) is 5.42. The van der Waals surface area contributed by atoms with Crippen molar-refractivity contribution in [2.45, 2.75) is 12.5 Å². The maximum atomic E-state index is 11.5. The molecule has 2 N–H and O–H groups in total. The average Bonchev–Trinajstić information content (AvgIpc) is 2.95. The summed E-state index contributed by atoms with van der Waals surface area (Å²) in [5.41, 5.74) is 1.92. The van der Waals surface area contributed by atoms with Crippen LogP contribution in [0.25, 0.3) is 0 Å². The Kier molecular flexibility index (Phi) is 5.49. The van der Waals surface area contributed by atoms with Crippen molar-refractivity contribution in [3.63, 3.8) is 0 Å². The van der Waals surface area contributed by atoms with Crippen LogP contribution in [0.2, 0.25) is 0 Å². The lowest BCUT2D eigenvalue weighted by atomic mass is 10.2. The van der Waals surface area contributed by atoms with Crippen molar-refractivity contribution in [2.24, 2.45) is 0 Å². The first-order valence-electron chi connectivity index (χ1n) is 6.71. The number of carbonyl (C=O) groups is 1. The molecule has 6 heteroatoms. The second kappa shape index (κ2) is 7.36. The minimum absolute atomic E-state index is 0.237. The molecular formula is C14H20ClN3O2. The fourth-order valence-corrected chi connectivity index (χ4v) is 2.34. The van der Waals surface area contributed by atoms with Crippen molar-refractivity contribution in [1.82, 2.24) is 5.32 Å². The predicted molar refractivity (Wildman–Crippen MR) is 81.8 cm³/mol.